The van der Waals surface area contributed by atoms with E-state index in [0.717, 1.165) is 17.6 Å². The zero-order valence-electron chi connectivity index (χ0n) is 11.3. The number of rotatable bonds is 4. The predicted molar refractivity (Wildman–Crippen MR) is 72.3 cm³/mol. The van der Waals surface area contributed by atoms with Crippen LogP contribution >= 0.6 is 0 Å². The number of allylic oxidation sites excluding steroid dienone is 1. The summed E-state index contributed by atoms with van der Waals surface area (Å²) in [5.74, 6) is 0.181. The van der Waals surface area contributed by atoms with Crippen molar-refractivity contribution in [2.45, 2.75) is 45.3 Å². The molecule has 0 aromatic heterocycles. The summed E-state index contributed by atoms with van der Waals surface area (Å²) in [6, 6.07) is 10.1. The fourth-order valence-electron chi connectivity index (χ4n) is 2.38. The molecule has 0 bridgehead atoms. The Balaban J connectivity index is 2.14. The maximum atomic E-state index is 11.5. The molecule has 0 heterocycles. The number of hydrogen-bond donors (Lipinski definition) is 0. The minimum absolute atomic E-state index is 0.0577. The summed E-state index contributed by atoms with van der Waals surface area (Å²) in [6.07, 6.45) is 3.05. The lowest BCUT2D eigenvalue weighted by molar-refractivity contribution is -0.118. The number of carbonyl (C=O) groups excluding carboxylic acids is 1. The fraction of sp³-hybridized carbons (Fsp3) is 0.438. The first-order chi connectivity index (χ1) is 8.53. The summed E-state index contributed by atoms with van der Waals surface area (Å²) >= 11 is 0. The molecule has 2 nitrogen and oxygen atoms in total. The lowest BCUT2D eigenvalue weighted by Crippen LogP contribution is -2.28. The lowest BCUT2D eigenvalue weighted by Gasteiger charge is -2.30. The molecule has 1 aliphatic carbocycles. The third kappa shape index (κ3) is 2.70. The van der Waals surface area contributed by atoms with Gasteiger partial charge in [0.25, 0.3) is 0 Å². The number of ketones is 1. The number of hydrogen-bond acceptors (Lipinski definition) is 2. The van der Waals surface area contributed by atoms with Gasteiger partial charge in [0.1, 0.15) is 0 Å². The van der Waals surface area contributed by atoms with E-state index in [9.17, 15) is 4.79 Å². The molecule has 18 heavy (non-hydrogen) atoms. The first kappa shape index (κ1) is 13.0. The zero-order valence-corrected chi connectivity index (χ0v) is 11.3. The van der Waals surface area contributed by atoms with Gasteiger partial charge in [0.15, 0.2) is 5.78 Å². The van der Waals surface area contributed by atoms with Crippen LogP contribution in [-0.4, -0.2) is 11.9 Å². The van der Waals surface area contributed by atoms with Gasteiger partial charge in [-0.05, 0) is 37.5 Å². The van der Waals surface area contributed by atoms with E-state index in [1.807, 2.05) is 18.2 Å². The first-order valence-corrected chi connectivity index (χ1v) is 6.49. The van der Waals surface area contributed by atoms with E-state index in [4.69, 9.17) is 4.74 Å². The monoisotopic (exact) mass is 244 g/mol. The van der Waals surface area contributed by atoms with Gasteiger partial charge in [0.2, 0.25) is 0 Å². The van der Waals surface area contributed by atoms with Crippen molar-refractivity contribution in [2.24, 2.45) is 0 Å². The minimum Gasteiger partial charge on any atom is -0.363 e. The van der Waals surface area contributed by atoms with Crippen LogP contribution in [-0.2, 0) is 15.1 Å². The van der Waals surface area contributed by atoms with Crippen LogP contribution in [0.25, 0.3) is 0 Å². The van der Waals surface area contributed by atoms with Crippen molar-refractivity contribution >= 4 is 5.78 Å². The van der Waals surface area contributed by atoms with Gasteiger partial charge in [0, 0.05) is 6.42 Å². The van der Waals surface area contributed by atoms with E-state index < -0.39 is 0 Å². The average Bonchev–Trinajstić information content (AvgIpc) is 2.70. The molecule has 0 fully saturated rings. The molecule has 0 saturated carbocycles. The Morgan fingerprint density at radius 1 is 1.28 bits per heavy atom. The first-order valence-electron chi connectivity index (χ1n) is 6.49. The molecule has 1 atom stereocenters. The molecule has 1 aromatic carbocycles. The second kappa shape index (κ2) is 5.07. The average molecular weight is 244 g/mol. The van der Waals surface area contributed by atoms with E-state index in [2.05, 4.69) is 32.9 Å². The van der Waals surface area contributed by atoms with Crippen LogP contribution in [0.1, 0.15) is 39.2 Å². The van der Waals surface area contributed by atoms with Crippen molar-refractivity contribution in [3.05, 3.63) is 47.5 Å². The maximum absolute atomic E-state index is 11.5. The standard InChI is InChI=1S/C16H20O2/c1-4-12-10-14(17)11-15(12)18-16(2,3)13-8-6-5-7-9-13/h5-10,15H,4,11H2,1-3H3/t15-/m1/s1. The topological polar surface area (TPSA) is 26.3 Å². The van der Waals surface area contributed by atoms with Crippen LogP contribution in [0.5, 0.6) is 0 Å². The molecule has 0 aliphatic heterocycles. The molecule has 0 radical (unpaired) electrons. The van der Waals surface area contributed by atoms with Crippen LogP contribution in [0.3, 0.4) is 0 Å². The molecule has 2 heteroatoms. The molecular formula is C16H20O2. The van der Waals surface area contributed by atoms with Gasteiger partial charge in [-0.15, -0.1) is 0 Å². The molecule has 0 amide bonds. The molecule has 0 spiro atoms. The van der Waals surface area contributed by atoms with Gasteiger partial charge in [0.05, 0.1) is 11.7 Å². The summed E-state index contributed by atoms with van der Waals surface area (Å²) in [7, 11) is 0. The summed E-state index contributed by atoms with van der Waals surface area (Å²) in [5, 5.41) is 0. The van der Waals surface area contributed by atoms with Crippen LogP contribution < -0.4 is 0 Å². The van der Waals surface area contributed by atoms with E-state index in [0.29, 0.717) is 6.42 Å². The van der Waals surface area contributed by atoms with Crippen molar-refractivity contribution in [1.29, 1.82) is 0 Å². The Kier molecular flexibility index (Phi) is 3.67. The molecule has 0 unspecified atom stereocenters. The number of carbonyl (C=O) groups is 1. The highest BCUT2D eigenvalue weighted by atomic mass is 16.5. The highest BCUT2D eigenvalue weighted by Gasteiger charge is 2.31. The van der Waals surface area contributed by atoms with Crippen molar-refractivity contribution < 1.29 is 9.53 Å². The molecule has 1 aromatic rings. The van der Waals surface area contributed by atoms with Gasteiger partial charge >= 0.3 is 0 Å². The summed E-state index contributed by atoms with van der Waals surface area (Å²) < 4.78 is 6.17. The van der Waals surface area contributed by atoms with Crippen LogP contribution in [0.4, 0.5) is 0 Å². The van der Waals surface area contributed by atoms with Crippen molar-refractivity contribution in [1.82, 2.24) is 0 Å². The van der Waals surface area contributed by atoms with Gasteiger partial charge in [-0.25, -0.2) is 0 Å². The van der Waals surface area contributed by atoms with Gasteiger partial charge in [-0.1, -0.05) is 37.3 Å². The molecule has 2 rings (SSSR count). The molecular weight excluding hydrogens is 224 g/mol. The largest absolute Gasteiger partial charge is 0.363 e. The highest BCUT2D eigenvalue weighted by Crippen LogP contribution is 2.32. The molecule has 0 saturated heterocycles. The molecule has 1 aliphatic rings. The minimum atomic E-state index is -0.370. The normalized spacial score (nSPS) is 20.1. The van der Waals surface area contributed by atoms with Gasteiger partial charge < -0.3 is 4.74 Å². The van der Waals surface area contributed by atoms with Crippen molar-refractivity contribution in [2.75, 3.05) is 0 Å². The van der Waals surface area contributed by atoms with Gasteiger partial charge in [-0.2, -0.15) is 0 Å². The second-order valence-electron chi connectivity index (χ2n) is 5.23. The molecule has 0 N–H and O–H groups in total. The van der Waals surface area contributed by atoms with E-state index >= 15 is 0 Å². The Hall–Kier alpha value is -1.41. The van der Waals surface area contributed by atoms with Gasteiger partial charge in [-0.3, -0.25) is 4.79 Å². The maximum Gasteiger partial charge on any atom is 0.158 e. The summed E-state index contributed by atoms with van der Waals surface area (Å²) in [5.41, 5.74) is 1.88. The number of benzene rings is 1. The predicted octanol–water partition coefficient (Wildman–Crippen LogP) is 3.62. The van der Waals surface area contributed by atoms with Crippen molar-refractivity contribution in [3.63, 3.8) is 0 Å². The third-order valence-corrected chi connectivity index (χ3v) is 3.46. The van der Waals surface area contributed by atoms with Crippen molar-refractivity contribution in [3.8, 4) is 0 Å². The van der Waals surface area contributed by atoms with Crippen LogP contribution in [0, 0.1) is 0 Å². The Bertz CT molecular complexity index is 457. The van der Waals surface area contributed by atoms with E-state index in [1.165, 1.54) is 0 Å². The quantitative estimate of drug-likeness (QED) is 0.808. The summed E-state index contributed by atoms with van der Waals surface area (Å²) in [4.78, 5) is 11.5. The van der Waals surface area contributed by atoms with Crippen LogP contribution in [0.2, 0.25) is 0 Å². The second-order valence-corrected chi connectivity index (χ2v) is 5.23. The Morgan fingerprint density at radius 3 is 2.56 bits per heavy atom. The smallest absolute Gasteiger partial charge is 0.158 e. The van der Waals surface area contributed by atoms with E-state index in [1.54, 1.807) is 6.08 Å². The number of ether oxygens (including phenoxy) is 1. The summed E-state index contributed by atoms with van der Waals surface area (Å²) in [6.45, 7) is 6.17. The Labute approximate surface area is 109 Å². The van der Waals surface area contributed by atoms with E-state index in [-0.39, 0.29) is 17.5 Å². The zero-order chi connectivity index (χ0) is 13.2. The lowest BCUT2D eigenvalue weighted by atomic mass is 9.97. The highest BCUT2D eigenvalue weighted by molar-refractivity contribution is 5.94. The fourth-order valence-corrected chi connectivity index (χ4v) is 2.38. The van der Waals surface area contributed by atoms with Crippen LogP contribution in [0.15, 0.2) is 42.0 Å². The third-order valence-electron chi connectivity index (χ3n) is 3.46. The Morgan fingerprint density at radius 2 is 1.94 bits per heavy atom. The SMILES string of the molecule is CCC1=CC(=O)C[C@H]1OC(C)(C)c1ccccc1. The molecule has 96 valence electrons.